The topological polar surface area (TPSA) is 38.9 Å². The summed E-state index contributed by atoms with van der Waals surface area (Å²) >= 11 is 7.56. The van der Waals surface area contributed by atoms with Gasteiger partial charge in [-0.05, 0) is 23.8 Å². The molecule has 0 aliphatic rings. The molecule has 0 radical (unpaired) electrons. The van der Waals surface area contributed by atoms with Crippen molar-refractivity contribution in [3.8, 4) is 0 Å². The Morgan fingerprint density at radius 3 is 2.80 bits per heavy atom. The number of fused-ring (bicyclic) bond motifs is 1. The first-order valence-electron chi connectivity index (χ1n) is 6.19. The average molecular weight is 307 g/mol. The molecular weight excluding hydrogens is 295 g/mol. The zero-order valence-corrected chi connectivity index (χ0v) is 12.1. The molecule has 2 nitrogen and oxygen atoms in total. The average Bonchev–Trinajstić information content (AvgIpc) is 2.83. The van der Waals surface area contributed by atoms with E-state index < -0.39 is 5.82 Å². The molecule has 5 heteroatoms. The number of nitrogens with two attached hydrogens (primary N) is 1. The molecule has 2 N–H and O–H groups in total. The van der Waals surface area contributed by atoms with Gasteiger partial charge in [0, 0.05) is 12.5 Å². The van der Waals surface area contributed by atoms with Gasteiger partial charge in [-0.2, -0.15) is 0 Å². The molecule has 0 aliphatic heterocycles. The second-order valence-electron chi connectivity index (χ2n) is 4.53. The molecule has 0 saturated carbocycles. The summed E-state index contributed by atoms with van der Waals surface area (Å²) in [7, 11) is 0. The number of para-hydroxylation sites is 1. The fraction of sp³-hybridized carbons (Fsp3) is 0.133. The van der Waals surface area contributed by atoms with Crippen LogP contribution < -0.4 is 5.73 Å². The van der Waals surface area contributed by atoms with Crippen LogP contribution in [0.15, 0.2) is 42.5 Å². The molecule has 0 fully saturated rings. The van der Waals surface area contributed by atoms with Crippen molar-refractivity contribution in [2.24, 2.45) is 5.73 Å². The second kappa shape index (κ2) is 5.48. The van der Waals surface area contributed by atoms with Gasteiger partial charge in [0.25, 0.3) is 0 Å². The molecule has 1 aromatic heterocycles. The number of benzene rings is 2. The third kappa shape index (κ3) is 2.54. The predicted octanol–water partition coefficient (Wildman–Crippen LogP) is 4.33. The summed E-state index contributed by atoms with van der Waals surface area (Å²) < 4.78 is 14.6. The lowest BCUT2D eigenvalue weighted by molar-refractivity contribution is 0.619. The van der Waals surface area contributed by atoms with Gasteiger partial charge in [0.15, 0.2) is 0 Å². The van der Waals surface area contributed by atoms with Gasteiger partial charge in [0.2, 0.25) is 0 Å². The maximum absolute atomic E-state index is 13.4. The Morgan fingerprint density at radius 2 is 2.00 bits per heavy atom. The molecule has 3 rings (SSSR count). The Hall–Kier alpha value is -1.49. The third-order valence-electron chi connectivity index (χ3n) is 3.11. The lowest BCUT2D eigenvalue weighted by Gasteiger charge is -2.12. The highest BCUT2D eigenvalue weighted by Crippen LogP contribution is 2.29. The van der Waals surface area contributed by atoms with Crippen LogP contribution in [0.5, 0.6) is 0 Å². The van der Waals surface area contributed by atoms with E-state index in [0.717, 1.165) is 15.2 Å². The smallest absolute Gasteiger partial charge is 0.142 e. The highest BCUT2D eigenvalue weighted by atomic mass is 35.5. The fourth-order valence-corrected chi connectivity index (χ4v) is 3.40. The van der Waals surface area contributed by atoms with Crippen LogP contribution in [0.3, 0.4) is 0 Å². The third-order valence-corrected chi connectivity index (χ3v) is 4.57. The quantitative estimate of drug-likeness (QED) is 0.782. The second-order valence-corrected chi connectivity index (χ2v) is 6.02. The van der Waals surface area contributed by atoms with Crippen LogP contribution in [-0.4, -0.2) is 4.98 Å². The van der Waals surface area contributed by atoms with Crippen LogP contribution in [0.1, 0.15) is 16.6 Å². The maximum atomic E-state index is 13.4. The van der Waals surface area contributed by atoms with Gasteiger partial charge in [-0.1, -0.05) is 35.9 Å². The first kappa shape index (κ1) is 13.5. The monoisotopic (exact) mass is 306 g/mol. The summed E-state index contributed by atoms with van der Waals surface area (Å²) in [6.07, 6.45) is 0.544. The van der Waals surface area contributed by atoms with E-state index in [1.165, 1.54) is 6.07 Å². The molecule has 0 spiro atoms. The predicted molar refractivity (Wildman–Crippen MR) is 81.7 cm³/mol. The molecule has 1 heterocycles. The zero-order chi connectivity index (χ0) is 14.1. The molecule has 20 heavy (non-hydrogen) atoms. The van der Waals surface area contributed by atoms with Crippen molar-refractivity contribution in [2.75, 3.05) is 0 Å². The summed E-state index contributed by atoms with van der Waals surface area (Å²) in [6, 6.07) is 12.3. The van der Waals surface area contributed by atoms with E-state index >= 15 is 0 Å². The van der Waals surface area contributed by atoms with Crippen molar-refractivity contribution < 1.29 is 4.39 Å². The molecule has 102 valence electrons. The number of rotatable bonds is 3. The van der Waals surface area contributed by atoms with Crippen LogP contribution in [0.2, 0.25) is 5.02 Å². The van der Waals surface area contributed by atoms with Crippen LogP contribution in [0, 0.1) is 5.82 Å². The standard InChI is InChI=1S/C15H12ClFN2S/c16-15-9(4-3-5-10(15)17)11(18)8-14-19-12-6-1-2-7-13(12)20-14/h1-7,11H,8,18H2. The van der Waals surface area contributed by atoms with E-state index in [0.29, 0.717) is 12.0 Å². The van der Waals surface area contributed by atoms with E-state index in [9.17, 15) is 4.39 Å². The van der Waals surface area contributed by atoms with Gasteiger partial charge in [-0.15, -0.1) is 11.3 Å². The molecule has 1 atom stereocenters. The molecule has 0 amide bonds. The van der Waals surface area contributed by atoms with E-state index in [4.69, 9.17) is 17.3 Å². The molecule has 3 aromatic rings. The molecular formula is C15H12ClFN2S. The van der Waals surface area contributed by atoms with Crippen molar-refractivity contribution in [1.29, 1.82) is 0 Å². The molecule has 0 bridgehead atoms. The minimum absolute atomic E-state index is 0.0983. The van der Waals surface area contributed by atoms with Gasteiger partial charge >= 0.3 is 0 Å². The Morgan fingerprint density at radius 1 is 1.20 bits per heavy atom. The van der Waals surface area contributed by atoms with Crippen molar-refractivity contribution >= 4 is 33.2 Å². The van der Waals surface area contributed by atoms with Gasteiger partial charge in [0.1, 0.15) is 5.82 Å². The van der Waals surface area contributed by atoms with Crippen molar-refractivity contribution in [3.05, 3.63) is 63.9 Å². The molecule has 1 unspecified atom stereocenters. The van der Waals surface area contributed by atoms with E-state index in [-0.39, 0.29) is 11.1 Å². The lowest BCUT2D eigenvalue weighted by Crippen LogP contribution is -2.14. The number of thiazole rings is 1. The first-order valence-corrected chi connectivity index (χ1v) is 7.38. The maximum Gasteiger partial charge on any atom is 0.142 e. The number of nitrogens with zero attached hydrogens (tertiary/aromatic N) is 1. The van der Waals surface area contributed by atoms with Crippen molar-refractivity contribution in [2.45, 2.75) is 12.5 Å². The molecule has 0 saturated heterocycles. The van der Waals surface area contributed by atoms with Gasteiger partial charge in [0.05, 0.1) is 20.2 Å². The van der Waals surface area contributed by atoms with E-state index in [1.807, 2.05) is 24.3 Å². The fourth-order valence-electron chi connectivity index (χ4n) is 2.11. The molecule has 2 aromatic carbocycles. The summed E-state index contributed by atoms with van der Waals surface area (Å²) in [5, 5.41) is 1.03. The highest BCUT2D eigenvalue weighted by Gasteiger charge is 2.15. The number of hydrogen-bond donors (Lipinski definition) is 1. The number of hydrogen-bond acceptors (Lipinski definition) is 3. The Bertz CT molecular complexity index is 723. The van der Waals surface area contributed by atoms with Crippen LogP contribution in [0.4, 0.5) is 4.39 Å². The first-order chi connectivity index (χ1) is 9.65. The lowest BCUT2D eigenvalue weighted by atomic mass is 10.0. The number of halogens is 2. The van der Waals surface area contributed by atoms with Crippen molar-refractivity contribution in [1.82, 2.24) is 4.98 Å². The minimum atomic E-state index is -0.441. The number of aromatic nitrogens is 1. The summed E-state index contributed by atoms with van der Waals surface area (Å²) in [4.78, 5) is 4.53. The van der Waals surface area contributed by atoms with Crippen LogP contribution in [-0.2, 0) is 6.42 Å². The molecule has 0 aliphatic carbocycles. The van der Waals surface area contributed by atoms with Crippen molar-refractivity contribution in [3.63, 3.8) is 0 Å². The summed E-state index contributed by atoms with van der Waals surface area (Å²) in [6.45, 7) is 0. The Balaban J connectivity index is 1.88. The van der Waals surface area contributed by atoms with Gasteiger partial charge in [-0.3, -0.25) is 0 Å². The SMILES string of the molecule is NC(Cc1nc2ccccc2s1)c1cccc(F)c1Cl. The Kier molecular flexibility index (Phi) is 3.70. The highest BCUT2D eigenvalue weighted by molar-refractivity contribution is 7.18. The zero-order valence-electron chi connectivity index (χ0n) is 10.5. The van der Waals surface area contributed by atoms with Gasteiger partial charge < -0.3 is 5.73 Å². The normalized spacial score (nSPS) is 12.8. The van der Waals surface area contributed by atoms with Crippen LogP contribution in [0.25, 0.3) is 10.2 Å². The van der Waals surface area contributed by atoms with Crippen LogP contribution >= 0.6 is 22.9 Å². The summed E-state index contributed by atoms with van der Waals surface area (Å²) in [5.41, 5.74) is 7.71. The van der Waals surface area contributed by atoms with Gasteiger partial charge in [-0.25, -0.2) is 9.37 Å². The van der Waals surface area contributed by atoms with E-state index in [2.05, 4.69) is 4.98 Å². The summed E-state index contributed by atoms with van der Waals surface area (Å²) in [5.74, 6) is -0.441. The largest absolute Gasteiger partial charge is 0.324 e. The minimum Gasteiger partial charge on any atom is -0.324 e. The van der Waals surface area contributed by atoms with E-state index in [1.54, 1.807) is 23.5 Å². The Labute approximate surface area is 125 Å².